The van der Waals surface area contributed by atoms with Gasteiger partial charge in [0, 0.05) is 18.7 Å². The third-order valence-corrected chi connectivity index (χ3v) is 4.69. The number of hydrogen-bond acceptors (Lipinski definition) is 3. The van der Waals surface area contributed by atoms with Crippen LogP contribution in [0.2, 0.25) is 0 Å². The Morgan fingerprint density at radius 1 is 1.26 bits per heavy atom. The smallest absolute Gasteiger partial charge is 0.117 e. The molecule has 0 saturated carbocycles. The minimum absolute atomic E-state index is 0.186. The van der Waals surface area contributed by atoms with Crippen molar-refractivity contribution in [3.63, 3.8) is 0 Å². The molecule has 0 fully saturated rings. The van der Waals surface area contributed by atoms with Gasteiger partial charge in [-0.15, -0.1) is 0 Å². The molecule has 0 spiro atoms. The quantitative estimate of drug-likeness (QED) is 0.799. The van der Waals surface area contributed by atoms with Crippen LogP contribution in [0.1, 0.15) is 41.2 Å². The molecule has 1 aliphatic rings. The lowest BCUT2D eigenvalue weighted by molar-refractivity contribution is 0.184. The van der Waals surface area contributed by atoms with E-state index in [-0.39, 0.29) is 6.04 Å². The zero-order valence-electron chi connectivity index (χ0n) is 13.3. The fourth-order valence-corrected chi connectivity index (χ4v) is 3.56. The van der Waals surface area contributed by atoms with Gasteiger partial charge in [0.1, 0.15) is 5.76 Å². The average molecular weight is 307 g/mol. The molecule has 1 N–H and O–H groups in total. The molecule has 4 heteroatoms. The number of hydrogen-bond donors (Lipinski definition) is 1. The number of aromatic nitrogens is 2. The highest BCUT2D eigenvalue weighted by atomic mass is 16.3. The summed E-state index contributed by atoms with van der Waals surface area (Å²) in [5.74, 6) is 1.00. The summed E-state index contributed by atoms with van der Waals surface area (Å²) >= 11 is 0. The molecule has 4 rings (SSSR count). The fourth-order valence-electron chi connectivity index (χ4n) is 3.56. The van der Waals surface area contributed by atoms with E-state index in [0.717, 1.165) is 37.4 Å². The van der Waals surface area contributed by atoms with Crippen LogP contribution in [0, 0.1) is 0 Å². The maximum Gasteiger partial charge on any atom is 0.117 e. The first-order chi connectivity index (χ1) is 11.4. The fraction of sp³-hybridized carbons (Fsp3) is 0.316. The van der Waals surface area contributed by atoms with Crippen molar-refractivity contribution in [1.29, 1.82) is 0 Å². The van der Waals surface area contributed by atoms with Gasteiger partial charge >= 0.3 is 0 Å². The van der Waals surface area contributed by atoms with E-state index in [1.165, 1.54) is 16.8 Å². The van der Waals surface area contributed by atoms with Gasteiger partial charge in [-0.2, -0.15) is 0 Å². The predicted molar refractivity (Wildman–Crippen MR) is 89.1 cm³/mol. The van der Waals surface area contributed by atoms with Gasteiger partial charge in [-0.1, -0.05) is 31.2 Å². The van der Waals surface area contributed by atoms with Crippen LogP contribution in [0.4, 0.5) is 0 Å². The normalized spacial score (nSPS) is 18.0. The molecule has 3 aromatic rings. The van der Waals surface area contributed by atoms with Crippen molar-refractivity contribution in [3.05, 3.63) is 77.3 Å². The Labute approximate surface area is 136 Å². The standard InChI is InChI=1S/C19H21N3O/c1-2-14-6-3-4-8-16(14)19-18-17(20-13-21-18)9-10-22(19)12-15-7-5-11-23-15/h3-8,11,13,19H,2,9-10,12H2,1H3,(H,20,21)/t19-/m0/s1. The zero-order valence-corrected chi connectivity index (χ0v) is 13.3. The minimum Gasteiger partial charge on any atom is -0.468 e. The SMILES string of the molecule is CCc1ccccc1[C@H]1c2nc[nH]c2CCN1Cc1ccco1. The third-order valence-electron chi connectivity index (χ3n) is 4.69. The van der Waals surface area contributed by atoms with E-state index >= 15 is 0 Å². The Morgan fingerprint density at radius 2 is 2.17 bits per heavy atom. The summed E-state index contributed by atoms with van der Waals surface area (Å²) in [5, 5.41) is 0. The lowest BCUT2D eigenvalue weighted by Gasteiger charge is -2.35. The van der Waals surface area contributed by atoms with Crippen molar-refractivity contribution in [1.82, 2.24) is 14.9 Å². The van der Waals surface area contributed by atoms with Crippen molar-refractivity contribution in [2.75, 3.05) is 6.54 Å². The number of benzene rings is 1. The second kappa shape index (κ2) is 6.05. The number of furan rings is 1. The molecule has 0 radical (unpaired) electrons. The van der Waals surface area contributed by atoms with Crippen molar-refractivity contribution in [3.8, 4) is 0 Å². The Morgan fingerprint density at radius 3 is 3.00 bits per heavy atom. The van der Waals surface area contributed by atoms with E-state index < -0.39 is 0 Å². The van der Waals surface area contributed by atoms with Gasteiger partial charge in [0.2, 0.25) is 0 Å². The number of H-pyrrole nitrogens is 1. The van der Waals surface area contributed by atoms with E-state index in [1.54, 1.807) is 6.26 Å². The number of fused-ring (bicyclic) bond motifs is 1. The second-order valence-corrected chi connectivity index (χ2v) is 6.02. The number of nitrogens with zero attached hydrogens (tertiary/aromatic N) is 2. The van der Waals surface area contributed by atoms with Crippen LogP contribution in [0.15, 0.2) is 53.4 Å². The van der Waals surface area contributed by atoms with Gasteiger partial charge < -0.3 is 9.40 Å². The molecule has 1 aromatic carbocycles. The lowest BCUT2D eigenvalue weighted by Crippen LogP contribution is -2.36. The molecule has 1 aliphatic heterocycles. The van der Waals surface area contributed by atoms with Crippen LogP contribution >= 0.6 is 0 Å². The monoisotopic (exact) mass is 307 g/mol. The number of aromatic amines is 1. The Kier molecular flexibility index (Phi) is 3.75. The maximum absolute atomic E-state index is 5.58. The molecule has 0 amide bonds. The predicted octanol–water partition coefficient (Wildman–Crippen LogP) is 3.71. The largest absolute Gasteiger partial charge is 0.468 e. The number of aryl methyl sites for hydroxylation is 1. The Hall–Kier alpha value is -2.33. The van der Waals surface area contributed by atoms with Crippen molar-refractivity contribution >= 4 is 0 Å². The van der Waals surface area contributed by atoms with Gasteiger partial charge in [0.25, 0.3) is 0 Å². The summed E-state index contributed by atoms with van der Waals surface area (Å²) in [6, 6.07) is 12.9. The van der Waals surface area contributed by atoms with Crippen molar-refractivity contribution < 1.29 is 4.42 Å². The van der Waals surface area contributed by atoms with Crippen LogP contribution in [-0.2, 0) is 19.4 Å². The van der Waals surface area contributed by atoms with E-state index in [0.29, 0.717) is 0 Å². The molecule has 0 aliphatic carbocycles. The third kappa shape index (κ3) is 2.59. The number of imidazole rings is 1. The number of nitrogens with one attached hydrogen (secondary N) is 1. The summed E-state index contributed by atoms with van der Waals surface area (Å²) in [6.07, 6.45) is 5.60. The molecule has 2 aromatic heterocycles. The lowest BCUT2D eigenvalue weighted by atomic mass is 9.91. The van der Waals surface area contributed by atoms with E-state index in [2.05, 4.69) is 46.1 Å². The first-order valence-electron chi connectivity index (χ1n) is 8.23. The first kappa shape index (κ1) is 14.3. The zero-order chi connectivity index (χ0) is 15.6. The van der Waals surface area contributed by atoms with Gasteiger partial charge in [-0.25, -0.2) is 4.98 Å². The summed E-state index contributed by atoms with van der Waals surface area (Å²) in [7, 11) is 0. The van der Waals surface area contributed by atoms with Crippen LogP contribution in [0.25, 0.3) is 0 Å². The van der Waals surface area contributed by atoms with Gasteiger partial charge in [0.15, 0.2) is 0 Å². The van der Waals surface area contributed by atoms with Crippen LogP contribution in [0.3, 0.4) is 0 Å². The molecule has 4 nitrogen and oxygen atoms in total. The van der Waals surface area contributed by atoms with Crippen molar-refractivity contribution in [2.45, 2.75) is 32.4 Å². The van der Waals surface area contributed by atoms with Crippen LogP contribution < -0.4 is 0 Å². The molecular weight excluding hydrogens is 286 g/mol. The highest BCUT2D eigenvalue weighted by Gasteiger charge is 2.32. The van der Waals surface area contributed by atoms with Crippen LogP contribution in [-0.4, -0.2) is 21.4 Å². The Balaban J connectivity index is 1.77. The molecule has 0 saturated heterocycles. The van der Waals surface area contributed by atoms with Gasteiger partial charge in [-0.3, -0.25) is 4.90 Å². The topological polar surface area (TPSA) is 45.1 Å². The highest BCUT2D eigenvalue weighted by molar-refractivity contribution is 5.38. The van der Waals surface area contributed by atoms with E-state index in [4.69, 9.17) is 4.42 Å². The van der Waals surface area contributed by atoms with E-state index in [1.807, 2.05) is 18.5 Å². The Bertz CT molecular complexity index is 776. The molecule has 0 bridgehead atoms. The van der Waals surface area contributed by atoms with Gasteiger partial charge in [0.05, 0.1) is 30.9 Å². The second-order valence-electron chi connectivity index (χ2n) is 6.02. The molecule has 1 atom stereocenters. The molecule has 3 heterocycles. The summed E-state index contributed by atoms with van der Waals surface area (Å²) in [4.78, 5) is 10.4. The summed E-state index contributed by atoms with van der Waals surface area (Å²) < 4.78 is 5.58. The molecule has 118 valence electrons. The van der Waals surface area contributed by atoms with E-state index in [9.17, 15) is 0 Å². The molecule has 23 heavy (non-hydrogen) atoms. The molecular formula is C19H21N3O. The molecule has 0 unspecified atom stereocenters. The summed E-state index contributed by atoms with van der Waals surface area (Å²) in [6.45, 7) is 4.02. The minimum atomic E-state index is 0.186. The first-order valence-corrected chi connectivity index (χ1v) is 8.23. The summed E-state index contributed by atoms with van der Waals surface area (Å²) in [5.41, 5.74) is 5.16. The maximum atomic E-state index is 5.58. The van der Waals surface area contributed by atoms with Gasteiger partial charge in [-0.05, 0) is 29.7 Å². The van der Waals surface area contributed by atoms with Crippen LogP contribution in [0.5, 0.6) is 0 Å². The average Bonchev–Trinajstić information content (AvgIpc) is 3.26. The number of rotatable bonds is 4. The van der Waals surface area contributed by atoms with Crippen molar-refractivity contribution in [2.24, 2.45) is 0 Å². The highest BCUT2D eigenvalue weighted by Crippen LogP contribution is 2.36.